The Morgan fingerprint density at radius 3 is 2.87 bits per heavy atom. The smallest absolute Gasteiger partial charge is 0.244 e. The van der Waals surface area contributed by atoms with E-state index in [0.717, 1.165) is 27.9 Å². The number of hydrogen-bond acceptors (Lipinski definition) is 6. The number of benzene rings is 1. The number of nitrogens with zero attached hydrogens (tertiary/aromatic N) is 5. The lowest BCUT2D eigenvalue weighted by Gasteiger charge is -2.12. The zero-order chi connectivity index (χ0) is 21.4. The van der Waals surface area contributed by atoms with Gasteiger partial charge in [0, 0.05) is 29.5 Å². The molecule has 0 aliphatic carbocycles. The Kier molecular flexibility index (Phi) is 4.55. The second-order valence-electron chi connectivity index (χ2n) is 7.29. The first-order valence-corrected chi connectivity index (χ1v) is 9.85. The lowest BCUT2D eigenvalue weighted by atomic mass is 10.1. The molecule has 9 heteroatoms. The molecule has 1 atom stereocenters. The number of nitrogens with one attached hydrogen (secondary N) is 2. The second-order valence-corrected chi connectivity index (χ2v) is 7.29. The molecule has 0 saturated heterocycles. The Hall–Kier alpha value is -4.27. The molecule has 9 nitrogen and oxygen atoms in total. The third-order valence-corrected chi connectivity index (χ3v) is 5.26. The minimum absolute atomic E-state index is 0.157. The monoisotopic (exact) mass is 412 g/mol. The van der Waals surface area contributed by atoms with Gasteiger partial charge < -0.3 is 11.1 Å². The van der Waals surface area contributed by atoms with Gasteiger partial charge in [0.1, 0.15) is 17.4 Å². The van der Waals surface area contributed by atoms with Crippen molar-refractivity contribution in [3.63, 3.8) is 0 Å². The minimum atomic E-state index is -0.519. The van der Waals surface area contributed by atoms with E-state index in [9.17, 15) is 4.79 Å². The molecule has 1 amide bonds. The number of nitrogen functional groups attached to an aromatic ring is 1. The van der Waals surface area contributed by atoms with E-state index in [4.69, 9.17) is 5.73 Å². The molecule has 0 saturated carbocycles. The highest BCUT2D eigenvalue weighted by molar-refractivity contribution is 6.08. The van der Waals surface area contributed by atoms with Crippen LogP contribution in [0.1, 0.15) is 18.7 Å². The Morgan fingerprint density at radius 2 is 2.10 bits per heavy atom. The molecule has 0 aliphatic rings. The first kappa shape index (κ1) is 18.7. The Bertz CT molecular complexity index is 1380. The number of nitrogens with two attached hydrogens (primary N) is 1. The molecule has 4 N–H and O–H groups in total. The van der Waals surface area contributed by atoms with Gasteiger partial charge in [-0.15, -0.1) is 0 Å². The van der Waals surface area contributed by atoms with E-state index in [1.807, 2.05) is 42.5 Å². The van der Waals surface area contributed by atoms with Gasteiger partial charge in [-0.1, -0.05) is 12.1 Å². The Labute approximate surface area is 177 Å². The van der Waals surface area contributed by atoms with Gasteiger partial charge in [-0.3, -0.25) is 19.6 Å². The van der Waals surface area contributed by atoms with Gasteiger partial charge in [-0.05, 0) is 37.3 Å². The molecule has 0 fully saturated rings. The van der Waals surface area contributed by atoms with Crippen molar-refractivity contribution in [2.75, 3.05) is 5.73 Å². The van der Waals surface area contributed by atoms with Crippen LogP contribution in [-0.4, -0.2) is 35.9 Å². The number of aromatic nitrogens is 6. The predicted molar refractivity (Wildman–Crippen MR) is 118 cm³/mol. The van der Waals surface area contributed by atoms with Crippen molar-refractivity contribution in [3.05, 3.63) is 66.7 Å². The van der Waals surface area contributed by atoms with Crippen molar-refractivity contribution in [3.8, 4) is 11.3 Å². The molecule has 0 spiro atoms. The van der Waals surface area contributed by atoms with E-state index in [1.165, 1.54) is 0 Å². The van der Waals surface area contributed by atoms with Gasteiger partial charge in [0.15, 0.2) is 0 Å². The van der Waals surface area contributed by atoms with Gasteiger partial charge in [0.2, 0.25) is 5.91 Å². The number of hydrogen-bond donors (Lipinski definition) is 3. The number of carbonyl (C=O) groups excluding carboxylic acids is 1. The fraction of sp³-hybridized carbons (Fsp3) is 0.136. The molecule has 0 aliphatic heterocycles. The largest absolute Gasteiger partial charge is 0.383 e. The predicted octanol–water partition coefficient (Wildman–Crippen LogP) is 2.83. The van der Waals surface area contributed by atoms with E-state index in [-0.39, 0.29) is 5.91 Å². The zero-order valence-corrected chi connectivity index (χ0v) is 16.8. The molecular weight excluding hydrogens is 392 g/mol. The molecule has 4 heterocycles. The average molecular weight is 412 g/mol. The molecule has 1 aromatic carbocycles. The third kappa shape index (κ3) is 3.46. The standard InChI is InChI=1S/C22H20N8O/c1-13(22(31)25-11-15-4-2-3-8-24-15)30-12-17-20(29-30)16-6-5-14(18-7-9-26-28-18)10-19(16)27-21(17)23/h2-10,12-13H,11H2,1H3,(H2,23,27)(H,25,31)(H,26,28). The highest BCUT2D eigenvalue weighted by Crippen LogP contribution is 2.30. The fourth-order valence-corrected chi connectivity index (χ4v) is 3.52. The first-order chi connectivity index (χ1) is 15.1. The molecular formula is C22H20N8O. The highest BCUT2D eigenvalue weighted by atomic mass is 16.2. The van der Waals surface area contributed by atoms with Crippen LogP contribution in [-0.2, 0) is 11.3 Å². The number of H-pyrrole nitrogens is 1. The first-order valence-electron chi connectivity index (χ1n) is 9.85. The van der Waals surface area contributed by atoms with Crippen LogP contribution in [0.3, 0.4) is 0 Å². The summed E-state index contributed by atoms with van der Waals surface area (Å²) in [7, 11) is 0. The number of amides is 1. The summed E-state index contributed by atoms with van der Waals surface area (Å²) in [6.07, 6.45) is 5.17. The van der Waals surface area contributed by atoms with Crippen LogP contribution in [0.25, 0.3) is 33.1 Å². The van der Waals surface area contributed by atoms with Crippen LogP contribution in [0.2, 0.25) is 0 Å². The fourth-order valence-electron chi connectivity index (χ4n) is 3.52. The highest BCUT2D eigenvalue weighted by Gasteiger charge is 2.19. The Balaban J connectivity index is 1.46. The second kappa shape index (κ2) is 7.52. The number of aromatic amines is 1. The summed E-state index contributed by atoms with van der Waals surface area (Å²) in [4.78, 5) is 21.4. The van der Waals surface area contributed by atoms with Crippen LogP contribution >= 0.6 is 0 Å². The van der Waals surface area contributed by atoms with Gasteiger partial charge in [-0.2, -0.15) is 10.2 Å². The van der Waals surface area contributed by atoms with E-state index in [1.54, 1.807) is 30.2 Å². The molecule has 5 rings (SSSR count). The number of carbonyl (C=O) groups is 1. The number of fused-ring (bicyclic) bond motifs is 3. The lowest BCUT2D eigenvalue weighted by molar-refractivity contribution is -0.124. The SMILES string of the molecule is CC(C(=O)NCc1ccccn1)n1cc2c(N)nc3cc(-c4ccn[nH]4)ccc3c2n1. The maximum atomic E-state index is 12.7. The van der Waals surface area contributed by atoms with Crippen LogP contribution in [0.15, 0.2) is 61.1 Å². The molecule has 0 radical (unpaired) electrons. The summed E-state index contributed by atoms with van der Waals surface area (Å²) >= 11 is 0. The third-order valence-electron chi connectivity index (χ3n) is 5.26. The molecule has 31 heavy (non-hydrogen) atoms. The topological polar surface area (TPSA) is 127 Å². The summed E-state index contributed by atoms with van der Waals surface area (Å²) in [5, 5.41) is 16.1. The summed E-state index contributed by atoms with van der Waals surface area (Å²) in [5.41, 5.74) is 10.3. The minimum Gasteiger partial charge on any atom is -0.383 e. The van der Waals surface area contributed by atoms with Crippen LogP contribution < -0.4 is 11.1 Å². The molecule has 0 bridgehead atoms. The van der Waals surface area contributed by atoms with Crippen molar-refractivity contribution in [1.29, 1.82) is 0 Å². The maximum absolute atomic E-state index is 12.7. The number of pyridine rings is 2. The van der Waals surface area contributed by atoms with Crippen molar-refractivity contribution in [2.24, 2.45) is 0 Å². The molecule has 1 unspecified atom stereocenters. The molecule has 5 aromatic rings. The van der Waals surface area contributed by atoms with Crippen LogP contribution in [0, 0.1) is 0 Å². The van der Waals surface area contributed by atoms with E-state index >= 15 is 0 Å². The summed E-state index contributed by atoms with van der Waals surface area (Å²) < 4.78 is 1.62. The van der Waals surface area contributed by atoms with E-state index in [0.29, 0.717) is 23.3 Å². The quantitative estimate of drug-likeness (QED) is 0.407. The summed E-state index contributed by atoms with van der Waals surface area (Å²) in [6, 6.07) is 12.8. The summed E-state index contributed by atoms with van der Waals surface area (Å²) in [6.45, 7) is 2.15. The maximum Gasteiger partial charge on any atom is 0.244 e. The molecule has 4 aromatic heterocycles. The van der Waals surface area contributed by atoms with Gasteiger partial charge in [-0.25, -0.2) is 4.98 Å². The van der Waals surface area contributed by atoms with Gasteiger partial charge >= 0.3 is 0 Å². The van der Waals surface area contributed by atoms with Crippen molar-refractivity contribution >= 4 is 33.5 Å². The molecule has 154 valence electrons. The summed E-state index contributed by atoms with van der Waals surface area (Å²) in [5.74, 6) is 0.215. The van der Waals surface area contributed by atoms with Crippen molar-refractivity contribution in [1.82, 2.24) is 35.3 Å². The van der Waals surface area contributed by atoms with Crippen LogP contribution in [0.5, 0.6) is 0 Å². The van der Waals surface area contributed by atoms with Gasteiger partial charge in [0.25, 0.3) is 0 Å². The van der Waals surface area contributed by atoms with E-state index < -0.39 is 6.04 Å². The normalized spacial score (nSPS) is 12.3. The number of anilines is 1. The number of rotatable bonds is 5. The van der Waals surface area contributed by atoms with Crippen molar-refractivity contribution in [2.45, 2.75) is 19.5 Å². The lowest BCUT2D eigenvalue weighted by Crippen LogP contribution is -2.31. The van der Waals surface area contributed by atoms with Crippen LogP contribution in [0.4, 0.5) is 5.82 Å². The zero-order valence-electron chi connectivity index (χ0n) is 16.8. The Morgan fingerprint density at radius 1 is 1.19 bits per heavy atom. The van der Waals surface area contributed by atoms with Gasteiger partial charge in [0.05, 0.1) is 28.8 Å². The van der Waals surface area contributed by atoms with E-state index in [2.05, 4.69) is 30.6 Å². The van der Waals surface area contributed by atoms with Crippen molar-refractivity contribution < 1.29 is 4.79 Å². The average Bonchev–Trinajstić information content (AvgIpc) is 3.48.